The van der Waals surface area contributed by atoms with Crippen molar-refractivity contribution in [3.05, 3.63) is 48.0 Å². The molecule has 1 amide bonds. The molecule has 0 atom stereocenters. The van der Waals surface area contributed by atoms with Gasteiger partial charge in [-0.1, -0.05) is 30.3 Å². The van der Waals surface area contributed by atoms with E-state index in [4.69, 9.17) is 4.84 Å². The van der Waals surface area contributed by atoms with Crippen LogP contribution in [0, 0.1) is 0 Å². The maximum atomic E-state index is 12.0. The summed E-state index contributed by atoms with van der Waals surface area (Å²) in [5, 5.41) is 11.3. The molecule has 1 aliphatic rings. The number of anilines is 1. The van der Waals surface area contributed by atoms with Gasteiger partial charge in [0.2, 0.25) is 0 Å². The Morgan fingerprint density at radius 3 is 2.55 bits per heavy atom. The lowest BCUT2D eigenvalue weighted by molar-refractivity contribution is -0.125. The van der Waals surface area contributed by atoms with E-state index >= 15 is 0 Å². The average Bonchev–Trinajstić information content (AvgIpc) is 2.48. The first-order valence-corrected chi connectivity index (χ1v) is 6.49. The van der Waals surface area contributed by atoms with Gasteiger partial charge < -0.3 is 5.11 Å². The highest BCUT2D eigenvalue weighted by Gasteiger charge is 2.29. The zero-order chi connectivity index (χ0) is 14.1. The van der Waals surface area contributed by atoms with Crippen LogP contribution in [0.3, 0.4) is 0 Å². The van der Waals surface area contributed by atoms with E-state index < -0.39 is 0 Å². The molecule has 102 valence electrons. The van der Waals surface area contributed by atoms with Crippen molar-refractivity contribution in [1.29, 1.82) is 0 Å². The second-order valence-electron chi connectivity index (χ2n) is 4.70. The lowest BCUT2D eigenvalue weighted by Crippen LogP contribution is -2.34. The van der Waals surface area contributed by atoms with Gasteiger partial charge >= 0.3 is 0 Å². The topological polar surface area (TPSA) is 49.8 Å². The van der Waals surface area contributed by atoms with Crippen molar-refractivity contribution >= 4 is 11.6 Å². The second-order valence-corrected chi connectivity index (χ2v) is 4.70. The maximum Gasteiger partial charge on any atom is 0.251 e. The molecule has 0 saturated heterocycles. The summed E-state index contributed by atoms with van der Waals surface area (Å²) in [6.07, 6.45) is 0.868. The molecule has 0 saturated carbocycles. The molecule has 20 heavy (non-hydrogen) atoms. The Morgan fingerprint density at radius 1 is 1.10 bits per heavy atom. The van der Waals surface area contributed by atoms with Gasteiger partial charge in [0.25, 0.3) is 5.91 Å². The number of benzene rings is 2. The third kappa shape index (κ3) is 1.94. The number of aromatic hydroxyl groups is 1. The molecule has 1 heterocycles. The molecule has 4 nitrogen and oxygen atoms in total. The molecule has 2 aromatic carbocycles. The number of carbonyl (C=O) groups is 1. The highest BCUT2D eigenvalue weighted by Crippen LogP contribution is 2.41. The first-order valence-electron chi connectivity index (χ1n) is 6.49. The normalized spacial score (nSPS) is 14.2. The first-order chi connectivity index (χ1) is 9.72. The van der Waals surface area contributed by atoms with Gasteiger partial charge in [-0.2, -0.15) is 5.06 Å². The van der Waals surface area contributed by atoms with Gasteiger partial charge in [-0.3, -0.25) is 9.63 Å². The molecule has 0 spiro atoms. The number of amides is 1. The molecule has 4 heteroatoms. The van der Waals surface area contributed by atoms with Crippen molar-refractivity contribution in [3.63, 3.8) is 0 Å². The van der Waals surface area contributed by atoms with Crippen LogP contribution in [0.15, 0.2) is 42.5 Å². The fraction of sp³-hybridized carbons (Fsp3) is 0.188. The summed E-state index contributed by atoms with van der Waals surface area (Å²) >= 11 is 0. The van der Waals surface area contributed by atoms with E-state index in [2.05, 4.69) is 0 Å². The zero-order valence-corrected chi connectivity index (χ0v) is 11.2. The van der Waals surface area contributed by atoms with Gasteiger partial charge in [0.05, 0.1) is 12.8 Å². The number of hydrogen-bond donors (Lipinski definition) is 1. The van der Waals surface area contributed by atoms with Gasteiger partial charge in [-0.15, -0.1) is 0 Å². The van der Waals surface area contributed by atoms with E-state index in [1.807, 2.05) is 36.4 Å². The Kier molecular flexibility index (Phi) is 3.16. The van der Waals surface area contributed by atoms with Crippen LogP contribution in [0.4, 0.5) is 5.69 Å². The number of phenols is 1. The third-order valence-corrected chi connectivity index (χ3v) is 3.54. The molecule has 1 N–H and O–H groups in total. The van der Waals surface area contributed by atoms with Gasteiger partial charge in [0.1, 0.15) is 5.75 Å². The molecule has 2 aromatic rings. The van der Waals surface area contributed by atoms with E-state index in [0.717, 1.165) is 16.7 Å². The van der Waals surface area contributed by atoms with Gasteiger partial charge in [0, 0.05) is 17.5 Å². The minimum absolute atomic E-state index is 0.0946. The largest absolute Gasteiger partial charge is 0.508 e. The van der Waals surface area contributed by atoms with Crippen LogP contribution in [-0.4, -0.2) is 18.1 Å². The van der Waals surface area contributed by atoms with Crippen LogP contribution < -0.4 is 5.06 Å². The molecule has 3 rings (SSSR count). The minimum atomic E-state index is -0.0946. The molecule has 0 fully saturated rings. The maximum absolute atomic E-state index is 12.0. The van der Waals surface area contributed by atoms with Gasteiger partial charge in [-0.05, 0) is 24.1 Å². The number of nitrogens with zero attached hydrogens (tertiary/aromatic N) is 1. The number of phenolic OH excluding ortho intramolecular Hbond substituents is 1. The summed E-state index contributed by atoms with van der Waals surface area (Å²) in [4.78, 5) is 17.2. The summed E-state index contributed by atoms with van der Waals surface area (Å²) in [5.41, 5.74) is 3.27. The Labute approximate surface area is 117 Å². The molecule has 1 aliphatic heterocycles. The predicted molar refractivity (Wildman–Crippen MR) is 76.4 cm³/mol. The van der Waals surface area contributed by atoms with Crippen molar-refractivity contribution in [2.45, 2.75) is 12.8 Å². The Balaban J connectivity index is 2.25. The number of carbonyl (C=O) groups excluding carboxylic acids is 1. The smallest absolute Gasteiger partial charge is 0.251 e. The summed E-state index contributed by atoms with van der Waals surface area (Å²) in [5.74, 6) is 0.108. The number of hydrogen-bond acceptors (Lipinski definition) is 3. The highest BCUT2D eigenvalue weighted by molar-refractivity contribution is 6.00. The van der Waals surface area contributed by atoms with E-state index in [1.165, 1.54) is 12.2 Å². The third-order valence-electron chi connectivity index (χ3n) is 3.54. The van der Waals surface area contributed by atoms with Crippen LogP contribution in [-0.2, 0) is 16.1 Å². The number of rotatable bonds is 2. The lowest BCUT2D eigenvalue weighted by atomic mass is 9.94. The number of hydroxylamine groups is 1. The molecular formula is C16H15NO3. The van der Waals surface area contributed by atoms with Crippen LogP contribution in [0.1, 0.15) is 12.0 Å². The molecule has 0 radical (unpaired) electrons. The summed E-state index contributed by atoms with van der Waals surface area (Å²) < 4.78 is 0. The fourth-order valence-corrected chi connectivity index (χ4v) is 2.61. The first kappa shape index (κ1) is 12.7. The summed E-state index contributed by atoms with van der Waals surface area (Å²) in [7, 11) is 1.46. The van der Waals surface area contributed by atoms with Gasteiger partial charge in [-0.25, -0.2) is 0 Å². The van der Waals surface area contributed by atoms with Crippen LogP contribution in [0.2, 0.25) is 0 Å². The Bertz CT molecular complexity index is 652. The standard InChI is InChI=1S/C16H15NO3/c1-20-17-15(19)10-8-13-14(18)9-7-12(16(13)17)11-5-3-2-4-6-11/h2-7,9,18H,8,10H2,1H3. The Hall–Kier alpha value is -2.33. The van der Waals surface area contributed by atoms with Crippen LogP contribution in [0.5, 0.6) is 5.75 Å². The summed E-state index contributed by atoms with van der Waals surface area (Å²) in [6.45, 7) is 0. The Morgan fingerprint density at radius 2 is 1.85 bits per heavy atom. The fourth-order valence-electron chi connectivity index (χ4n) is 2.61. The van der Waals surface area contributed by atoms with Crippen molar-refractivity contribution in [1.82, 2.24) is 0 Å². The molecule has 0 unspecified atom stereocenters. The molecule has 0 aromatic heterocycles. The SMILES string of the molecule is CON1C(=O)CCc2c(O)ccc(-c3ccccc3)c21. The highest BCUT2D eigenvalue weighted by atomic mass is 16.7. The van der Waals surface area contributed by atoms with E-state index in [1.54, 1.807) is 6.07 Å². The molecular weight excluding hydrogens is 254 g/mol. The monoisotopic (exact) mass is 269 g/mol. The molecule has 0 bridgehead atoms. The van der Waals surface area contributed by atoms with Crippen molar-refractivity contribution < 1.29 is 14.7 Å². The van der Waals surface area contributed by atoms with E-state index in [-0.39, 0.29) is 11.7 Å². The minimum Gasteiger partial charge on any atom is -0.508 e. The predicted octanol–water partition coefficient (Wildman–Crippen LogP) is 2.90. The van der Waals surface area contributed by atoms with Gasteiger partial charge in [0.15, 0.2) is 0 Å². The molecule has 0 aliphatic carbocycles. The zero-order valence-electron chi connectivity index (χ0n) is 11.2. The van der Waals surface area contributed by atoms with E-state index in [9.17, 15) is 9.90 Å². The van der Waals surface area contributed by atoms with Crippen LogP contribution >= 0.6 is 0 Å². The lowest BCUT2D eigenvalue weighted by Gasteiger charge is -2.29. The van der Waals surface area contributed by atoms with Crippen molar-refractivity contribution in [3.8, 4) is 16.9 Å². The summed E-state index contributed by atoms with van der Waals surface area (Å²) in [6, 6.07) is 13.3. The second kappa shape index (κ2) is 4.98. The van der Waals surface area contributed by atoms with Crippen molar-refractivity contribution in [2.24, 2.45) is 0 Å². The van der Waals surface area contributed by atoms with Crippen LogP contribution in [0.25, 0.3) is 11.1 Å². The quantitative estimate of drug-likeness (QED) is 0.912. The van der Waals surface area contributed by atoms with Crippen molar-refractivity contribution in [2.75, 3.05) is 12.2 Å². The average molecular weight is 269 g/mol. The van der Waals surface area contributed by atoms with E-state index in [0.29, 0.717) is 18.5 Å². The number of fused-ring (bicyclic) bond motifs is 1.